The molecule has 0 atom stereocenters. The highest BCUT2D eigenvalue weighted by Crippen LogP contribution is 2.27. The summed E-state index contributed by atoms with van der Waals surface area (Å²) < 4.78 is 2.02. The van der Waals surface area contributed by atoms with E-state index in [-0.39, 0.29) is 11.7 Å². The van der Waals surface area contributed by atoms with Gasteiger partial charge in [0.05, 0.1) is 21.1 Å². The van der Waals surface area contributed by atoms with Gasteiger partial charge in [-0.1, -0.05) is 47.5 Å². The molecule has 1 aliphatic rings. The van der Waals surface area contributed by atoms with Crippen molar-refractivity contribution in [2.45, 2.75) is 13.5 Å². The number of halogens is 2. The van der Waals surface area contributed by atoms with Crippen LogP contribution in [0.2, 0.25) is 10.0 Å². The predicted octanol–water partition coefficient (Wildman–Crippen LogP) is 6.10. The summed E-state index contributed by atoms with van der Waals surface area (Å²) in [6.07, 6.45) is 1.91. The van der Waals surface area contributed by atoms with Crippen molar-refractivity contribution in [1.82, 2.24) is 14.4 Å². The third-order valence-electron chi connectivity index (χ3n) is 6.54. The topological polar surface area (TPSA) is 45.6 Å². The van der Waals surface area contributed by atoms with Crippen LogP contribution in [0.3, 0.4) is 0 Å². The second kappa shape index (κ2) is 9.86. The smallest absolute Gasteiger partial charge is 0.256 e. The van der Waals surface area contributed by atoms with Gasteiger partial charge in [0.1, 0.15) is 0 Å². The molecule has 1 fully saturated rings. The van der Waals surface area contributed by atoms with Crippen LogP contribution < -0.4 is 0 Å². The Bertz CT molecular complexity index is 1400. The molecule has 1 amide bonds. The number of rotatable bonds is 5. The van der Waals surface area contributed by atoms with E-state index in [2.05, 4.69) is 4.90 Å². The van der Waals surface area contributed by atoms with Crippen LogP contribution in [0.25, 0.3) is 16.6 Å². The second-order valence-corrected chi connectivity index (χ2v) is 9.66. The average molecular weight is 506 g/mol. The number of Topliss-reactive ketones (excluding diaryl/α,β-unsaturated/α-hetero) is 1. The van der Waals surface area contributed by atoms with E-state index >= 15 is 0 Å². The highest BCUT2D eigenvalue weighted by molar-refractivity contribution is 6.42. The molecule has 0 bridgehead atoms. The van der Waals surface area contributed by atoms with Crippen molar-refractivity contribution >= 4 is 45.8 Å². The lowest BCUT2D eigenvalue weighted by molar-refractivity contribution is 0.0630. The van der Waals surface area contributed by atoms with Crippen molar-refractivity contribution in [1.29, 1.82) is 0 Å². The maximum atomic E-state index is 13.6. The Hall–Kier alpha value is -3.12. The first-order chi connectivity index (χ1) is 16.9. The molecule has 0 N–H and O–H groups in total. The van der Waals surface area contributed by atoms with Gasteiger partial charge in [-0.15, -0.1) is 0 Å². The van der Waals surface area contributed by atoms with E-state index in [9.17, 15) is 9.59 Å². The van der Waals surface area contributed by atoms with Gasteiger partial charge in [-0.2, -0.15) is 0 Å². The van der Waals surface area contributed by atoms with Gasteiger partial charge >= 0.3 is 0 Å². The molecule has 2 heterocycles. The van der Waals surface area contributed by atoms with Gasteiger partial charge in [0.15, 0.2) is 5.78 Å². The number of benzene rings is 3. The zero-order valence-corrected chi connectivity index (χ0v) is 20.9. The molecular formula is C28H25Cl2N3O2. The summed E-state index contributed by atoms with van der Waals surface area (Å²) in [4.78, 5) is 29.5. The zero-order chi connectivity index (χ0) is 24.5. The highest BCUT2D eigenvalue weighted by Gasteiger charge is 2.25. The van der Waals surface area contributed by atoms with E-state index in [1.165, 1.54) is 0 Å². The lowest BCUT2D eigenvalue weighted by atomic mass is 10.1. The lowest BCUT2D eigenvalue weighted by Gasteiger charge is -2.34. The fourth-order valence-corrected chi connectivity index (χ4v) is 4.92. The van der Waals surface area contributed by atoms with Crippen molar-refractivity contribution in [3.05, 3.63) is 99.7 Å². The largest absolute Gasteiger partial charge is 0.336 e. The Balaban J connectivity index is 1.34. The minimum atomic E-state index is 0.0306. The van der Waals surface area contributed by atoms with Crippen LogP contribution in [0.1, 0.15) is 33.2 Å². The maximum absolute atomic E-state index is 13.6. The zero-order valence-electron chi connectivity index (χ0n) is 19.4. The minimum absolute atomic E-state index is 0.0306. The number of carbonyl (C=O) groups excluding carboxylic acids is 2. The Morgan fingerprint density at radius 3 is 2.26 bits per heavy atom. The summed E-state index contributed by atoms with van der Waals surface area (Å²) in [5, 5.41) is 2.04. The number of fused-ring (bicyclic) bond motifs is 1. The number of ketones is 1. The second-order valence-electron chi connectivity index (χ2n) is 8.85. The molecule has 5 nitrogen and oxygen atoms in total. The lowest BCUT2D eigenvalue weighted by Crippen LogP contribution is -2.48. The van der Waals surface area contributed by atoms with Crippen LogP contribution in [-0.4, -0.2) is 52.2 Å². The van der Waals surface area contributed by atoms with Gasteiger partial charge in [-0.05, 0) is 55.0 Å². The highest BCUT2D eigenvalue weighted by atomic mass is 35.5. The Morgan fingerprint density at radius 2 is 1.57 bits per heavy atom. The molecule has 0 aliphatic carbocycles. The molecule has 178 valence electrons. The molecule has 35 heavy (non-hydrogen) atoms. The normalized spacial score (nSPS) is 14.4. The number of hydrogen-bond acceptors (Lipinski definition) is 3. The average Bonchev–Trinajstić information content (AvgIpc) is 3.26. The Labute approximate surface area is 214 Å². The fourth-order valence-electron chi connectivity index (χ4n) is 4.60. The molecule has 0 unspecified atom stereocenters. The van der Waals surface area contributed by atoms with Gasteiger partial charge < -0.3 is 9.47 Å². The molecule has 4 aromatic rings. The van der Waals surface area contributed by atoms with E-state index in [4.69, 9.17) is 23.2 Å². The first-order valence-corrected chi connectivity index (χ1v) is 12.3. The van der Waals surface area contributed by atoms with Crippen LogP contribution in [0.4, 0.5) is 0 Å². The number of nitrogens with zero attached hydrogens (tertiary/aromatic N) is 3. The van der Waals surface area contributed by atoms with Crippen LogP contribution in [0.15, 0.2) is 72.9 Å². The predicted molar refractivity (Wildman–Crippen MR) is 141 cm³/mol. The fraction of sp³-hybridized carbons (Fsp3) is 0.214. The van der Waals surface area contributed by atoms with Crippen molar-refractivity contribution in [3.63, 3.8) is 0 Å². The Morgan fingerprint density at radius 1 is 0.857 bits per heavy atom. The third-order valence-corrected chi connectivity index (χ3v) is 7.28. The molecule has 1 aromatic heterocycles. The number of amides is 1. The van der Waals surface area contributed by atoms with Crippen molar-refractivity contribution in [3.8, 4) is 5.69 Å². The van der Waals surface area contributed by atoms with Crippen molar-refractivity contribution in [2.75, 3.05) is 26.2 Å². The number of aromatic nitrogens is 1. The summed E-state index contributed by atoms with van der Waals surface area (Å²) >= 11 is 12.2. The SMILES string of the molecule is CC(=O)c1ccc(-n2cc(C(=O)N3CCN(Cc4ccc(Cl)c(Cl)c4)CC3)c3ccccc32)cc1. The summed E-state index contributed by atoms with van der Waals surface area (Å²) in [5.74, 6) is 0.0672. The van der Waals surface area contributed by atoms with E-state index in [0.29, 0.717) is 34.3 Å². The molecule has 3 aromatic carbocycles. The van der Waals surface area contributed by atoms with Crippen molar-refractivity contribution < 1.29 is 9.59 Å². The molecule has 1 aliphatic heterocycles. The summed E-state index contributed by atoms with van der Waals surface area (Å²) in [6, 6.07) is 21.1. The Kier molecular flexibility index (Phi) is 6.65. The van der Waals surface area contributed by atoms with E-state index in [0.717, 1.165) is 41.8 Å². The quantitative estimate of drug-likeness (QED) is 0.308. The minimum Gasteiger partial charge on any atom is -0.336 e. The number of piperazine rings is 1. The number of carbonyl (C=O) groups is 2. The van der Waals surface area contributed by atoms with Gasteiger partial charge in [0, 0.05) is 55.6 Å². The summed E-state index contributed by atoms with van der Waals surface area (Å²) in [7, 11) is 0. The summed E-state index contributed by atoms with van der Waals surface area (Å²) in [6.45, 7) is 5.23. The maximum Gasteiger partial charge on any atom is 0.256 e. The molecular weight excluding hydrogens is 481 g/mol. The van der Waals surface area contributed by atoms with Crippen molar-refractivity contribution in [2.24, 2.45) is 0 Å². The van der Waals surface area contributed by atoms with Gasteiger partial charge in [0.25, 0.3) is 5.91 Å². The molecule has 5 rings (SSSR count). The van der Waals surface area contributed by atoms with Crippen LogP contribution in [-0.2, 0) is 6.54 Å². The third kappa shape index (κ3) is 4.85. The molecule has 0 radical (unpaired) electrons. The number of para-hydroxylation sites is 1. The number of hydrogen-bond donors (Lipinski definition) is 0. The van der Waals surface area contributed by atoms with Crippen LogP contribution >= 0.6 is 23.2 Å². The van der Waals surface area contributed by atoms with Gasteiger partial charge in [0.2, 0.25) is 0 Å². The summed E-state index contributed by atoms with van der Waals surface area (Å²) in [5.41, 5.74) is 4.34. The van der Waals surface area contributed by atoms with E-state index < -0.39 is 0 Å². The van der Waals surface area contributed by atoms with E-state index in [1.807, 2.05) is 82.4 Å². The van der Waals surface area contributed by atoms with E-state index in [1.54, 1.807) is 6.92 Å². The molecule has 1 saturated heterocycles. The standard InChI is InChI=1S/C28H25Cl2N3O2/c1-19(34)21-7-9-22(10-8-21)33-18-24(23-4-2-3-5-27(23)33)28(35)32-14-12-31(13-15-32)17-20-6-11-25(29)26(30)16-20/h2-11,16,18H,12-15,17H2,1H3. The van der Waals surface area contributed by atoms with Gasteiger partial charge in [-0.3, -0.25) is 14.5 Å². The molecule has 0 spiro atoms. The van der Waals surface area contributed by atoms with Crippen LogP contribution in [0.5, 0.6) is 0 Å². The van der Waals surface area contributed by atoms with Gasteiger partial charge in [-0.25, -0.2) is 0 Å². The molecule has 7 heteroatoms. The first-order valence-electron chi connectivity index (χ1n) is 11.6. The monoisotopic (exact) mass is 505 g/mol. The first kappa shape index (κ1) is 23.6. The van der Waals surface area contributed by atoms with Crippen LogP contribution in [0, 0.1) is 0 Å². The molecule has 0 saturated carbocycles.